The number of hydrogen-bond acceptors (Lipinski definition) is 14. The molecule has 0 aliphatic carbocycles. The number of piperazine rings is 1. The van der Waals surface area contributed by atoms with E-state index in [0.717, 1.165) is 42.3 Å². The molecular weight excluding hydrogens is 1080 g/mol. The predicted molar refractivity (Wildman–Crippen MR) is 314 cm³/mol. The van der Waals surface area contributed by atoms with Gasteiger partial charge in [-0.2, -0.15) is 0 Å². The van der Waals surface area contributed by atoms with E-state index < -0.39 is 36.0 Å². The van der Waals surface area contributed by atoms with E-state index in [-0.39, 0.29) is 86.7 Å². The first-order valence-electron chi connectivity index (χ1n) is 28.5. The number of primary amides is 1. The van der Waals surface area contributed by atoms with Crippen molar-refractivity contribution in [2.75, 3.05) is 83.2 Å². The van der Waals surface area contributed by atoms with Crippen molar-refractivity contribution in [2.24, 2.45) is 11.7 Å². The molecule has 23 heteroatoms. The topological polar surface area (TPSA) is 300 Å². The van der Waals surface area contributed by atoms with Gasteiger partial charge in [0.25, 0.3) is 17.7 Å². The quantitative estimate of drug-likeness (QED) is 0.0204. The minimum atomic E-state index is -1.06. The largest absolute Gasteiger partial charge is 0.496 e. The minimum Gasteiger partial charge on any atom is -0.496 e. The van der Waals surface area contributed by atoms with Crippen LogP contribution in [0.4, 0.5) is 21.0 Å². The number of fused-ring (bicyclic) bond motifs is 2. The molecule has 5 aromatic carbocycles. The van der Waals surface area contributed by atoms with Gasteiger partial charge in [0.1, 0.15) is 24.4 Å². The number of benzene rings is 5. The predicted octanol–water partition coefficient (Wildman–Crippen LogP) is 5.12. The van der Waals surface area contributed by atoms with E-state index in [9.17, 15) is 47.9 Å². The lowest BCUT2D eigenvalue weighted by Crippen LogP contribution is -2.54. The summed E-state index contributed by atoms with van der Waals surface area (Å²) >= 11 is 0. The third kappa shape index (κ3) is 15.8. The average Bonchev–Trinajstić information content (AvgIpc) is 0.934. The zero-order valence-corrected chi connectivity index (χ0v) is 47.6. The molecule has 8 N–H and O–H groups in total. The van der Waals surface area contributed by atoms with Gasteiger partial charge >= 0.3 is 12.1 Å². The lowest BCUT2D eigenvalue weighted by molar-refractivity contribution is -0.138. The zero-order chi connectivity index (χ0) is 59.9. The summed E-state index contributed by atoms with van der Waals surface area (Å²) in [6.45, 7) is 8.69. The number of amides is 11. The van der Waals surface area contributed by atoms with E-state index >= 15 is 0 Å². The van der Waals surface area contributed by atoms with Crippen LogP contribution in [-0.4, -0.2) is 164 Å². The van der Waals surface area contributed by atoms with Gasteiger partial charge in [-0.15, -0.1) is 0 Å². The summed E-state index contributed by atoms with van der Waals surface area (Å²) in [6.07, 6.45) is 1.91. The highest BCUT2D eigenvalue weighted by atomic mass is 16.5. The van der Waals surface area contributed by atoms with Gasteiger partial charge in [0.2, 0.25) is 29.5 Å². The fourth-order valence-electron chi connectivity index (χ4n) is 10.6. The molecule has 3 heterocycles. The molecule has 8 rings (SSSR count). The molecule has 84 heavy (non-hydrogen) atoms. The monoisotopic (exact) mass is 1150 g/mol. The molecule has 444 valence electrons. The Kier molecular flexibility index (Phi) is 21.0. The number of rotatable bonds is 27. The maximum atomic E-state index is 14.1. The Morgan fingerprint density at radius 3 is 2.01 bits per heavy atom. The summed E-state index contributed by atoms with van der Waals surface area (Å²) in [5.41, 5.74) is 8.03. The summed E-state index contributed by atoms with van der Waals surface area (Å²) < 4.78 is 11.0. The second kappa shape index (κ2) is 28.8. The third-order valence-electron chi connectivity index (χ3n) is 15.3. The first-order chi connectivity index (χ1) is 40.5. The molecule has 0 saturated carbocycles. The number of nitrogens with zero attached hydrogens (tertiary/aromatic N) is 4. The minimum absolute atomic E-state index is 0.105. The first kappa shape index (κ1) is 61.1. The molecule has 0 radical (unpaired) electrons. The molecular formula is C61H73N11O12. The molecule has 23 nitrogen and oxygen atoms in total. The van der Waals surface area contributed by atoms with Crippen molar-refractivity contribution in [3.05, 3.63) is 113 Å². The van der Waals surface area contributed by atoms with Gasteiger partial charge in [-0.05, 0) is 103 Å². The van der Waals surface area contributed by atoms with Crippen LogP contribution in [0.25, 0.3) is 21.5 Å². The number of nitrogens with one attached hydrogen (secondary N) is 6. The standard InChI is InChI=1S/C61H73N11O12/c1-38(2)54(68-49(73)13-5-4-8-28-71-50(74)24-25-51(71)75)57(78)67-47(12-9-26-64-60(62)81)56(77)65-42-18-14-39(15-19-42)37-84-61(82)66-43-20-16-40(17-21-43)55(76)63-27-29-69-30-32-70(33-31-69)34-35-72-58(79)45-22-23-48(83-3)46-36-41-10-6-7-11-44(41)53(52(45)46)59(72)80/h6-7,10-11,14-23,36,38,47,54H,4-5,8-9,12-13,24-35,37H2,1-3H3,(H,63,76)(H,65,77)(H,66,82)(H,67,78)(H,68,73)(H3,62,64,81)/t47-,54?/m0/s1. The molecule has 5 aromatic rings. The SMILES string of the molecule is COc1ccc2c3c(c4ccccc4cc13)C(=O)N(CCN1CCN(CCNC(=O)c3ccc(NC(=O)OCc4ccc(NC(=O)[C@H](CCCNC(N)=O)NC(=O)C(NC(=O)CCCCCN5C(=O)CCC5=O)C(C)C)cc4)cc3)CC1)C2=O. The number of carbonyl (C=O) groups is 10. The summed E-state index contributed by atoms with van der Waals surface area (Å²) in [7, 11) is 1.58. The van der Waals surface area contributed by atoms with Crippen LogP contribution in [0.2, 0.25) is 0 Å². The fourth-order valence-corrected chi connectivity index (χ4v) is 10.6. The van der Waals surface area contributed by atoms with Crippen molar-refractivity contribution in [3.63, 3.8) is 0 Å². The van der Waals surface area contributed by atoms with Gasteiger partial charge in [0, 0.05) is 118 Å². The third-order valence-corrected chi connectivity index (χ3v) is 15.3. The lowest BCUT2D eigenvalue weighted by Gasteiger charge is -2.36. The molecule has 2 saturated heterocycles. The highest BCUT2D eigenvalue weighted by Crippen LogP contribution is 2.40. The highest BCUT2D eigenvalue weighted by Gasteiger charge is 2.36. The molecule has 0 aromatic heterocycles. The van der Waals surface area contributed by atoms with Crippen LogP contribution in [-0.2, 0) is 35.3 Å². The van der Waals surface area contributed by atoms with Gasteiger partial charge in [-0.3, -0.25) is 63.3 Å². The number of methoxy groups -OCH3 is 1. The number of imide groups is 2. The van der Waals surface area contributed by atoms with Gasteiger partial charge < -0.3 is 41.8 Å². The Balaban J connectivity index is 0.725. The number of urea groups is 1. The first-order valence-corrected chi connectivity index (χ1v) is 28.5. The summed E-state index contributed by atoms with van der Waals surface area (Å²) in [5, 5.41) is 19.5. The summed E-state index contributed by atoms with van der Waals surface area (Å²) in [5.74, 6) is -2.46. The number of carbonyl (C=O) groups excluding carboxylic acids is 10. The lowest BCUT2D eigenvalue weighted by atomic mass is 9.89. The van der Waals surface area contributed by atoms with Crippen LogP contribution in [0.1, 0.15) is 102 Å². The van der Waals surface area contributed by atoms with Crippen molar-refractivity contribution < 1.29 is 57.4 Å². The van der Waals surface area contributed by atoms with Crippen molar-refractivity contribution in [1.29, 1.82) is 0 Å². The molecule has 1 unspecified atom stereocenters. The van der Waals surface area contributed by atoms with E-state index in [4.69, 9.17) is 15.2 Å². The Morgan fingerprint density at radius 1 is 0.643 bits per heavy atom. The number of hydrogen-bond donors (Lipinski definition) is 7. The van der Waals surface area contributed by atoms with Crippen molar-refractivity contribution in [2.45, 2.75) is 83.9 Å². The van der Waals surface area contributed by atoms with Gasteiger partial charge in [0.05, 0.1) is 12.7 Å². The van der Waals surface area contributed by atoms with E-state index in [2.05, 4.69) is 41.7 Å². The van der Waals surface area contributed by atoms with Crippen molar-refractivity contribution >= 4 is 92.3 Å². The average molecular weight is 1150 g/mol. The van der Waals surface area contributed by atoms with Crippen LogP contribution >= 0.6 is 0 Å². The molecule has 3 aliphatic heterocycles. The maximum absolute atomic E-state index is 14.1. The van der Waals surface area contributed by atoms with E-state index in [0.29, 0.717) is 96.6 Å². The van der Waals surface area contributed by atoms with Gasteiger partial charge in [-0.25, -0.2) is 9.59 Å². The molecule has 0 bridgehead atoms. The highest BCUT2D eigenvalue weighted by molar-refractivity contribution is 6.31. The number of nitrogens with two attached hydrogens (primary N) is 1. The maximum Gasteiger partial charge on any atom is 0.411 e. The Bertz CT molecular complexity index is 3260. The van der Waals surface area contributed by atoms with E-state index in [1.807, 2.05) is 30.3 Å². The Hall–Kier alpha value is -8.96. The molecule has 0 spiro atoms. The molecule has 2 fully saturated rings. The Labute approximate surface area is 486 Å². The van der Waals surface area contributed by atoms with Crippen LogP contribution in [0.3, 0.4) is 0 Å². The second-order valence-electron chi connectivity index (χ2n) is 21.4. The molecule has 2 atom stereocenters. The van der Waals surface area contributed by atoms with Gasteiger partial charge in [0.15, 0.2) is 0 Å². The van der Waals surface area contributed by atoms with Gasteiger partial charge in [-0.1, -0.05) is 56.7 Å². The number of ether oxygens (including phenoxy) is 2. The van der Waals surface area contributed by atoms with Crippen LogP contribution in [0, 0.1) is 5.92 Å². The molecule has 3 aliphatic rings. The van der Waals surface area contributed by atoms with Crippen molar-refractivity contribution in [1.82, 2.24) is 40.9 Å². The van der Waals surface area contributed by atoms with Crippen molar-refractivity contribution in [3.8, 4) is 5.75 Å². The fraction of sp³-hybridized carbons (Fsp3) is 0.410. The van der Waals surface area contributed by atoms with E-state index in [1.54, 1.807) is 81.6 Å². The van der Waals surface area contributed by atoms with E-state index in [1.165, 1.54) is 9.80 Å². The zero-order valence-electron chi connectivity index (χ0n) is 47.6. The second-order valence-corrected chi connectivity index (χ2v) is 21.4. The van der Waals surface area contributed by atoms with Crippen LogP contribution in [0.5, 0.6) is 5.75 Å². The number of anilines is 2. The molecule has 11 amide bonds. The number of unbranched alkanes of at least 4 members (excludes halogenated alkanes) is 2. The van der Waals surface area contributed by atoms with Crippen LogP contribution < -0.4 is 42.4 Å². The van der Waals surface area contributed by atoms with Crippen LogP contribution in [0.15, 0.2) is 91.0 Å². The Morgan fingerprint density at radius 2 is 1.32 bits per heavy atom. The number of likely N-dealkylation sites (tertiary alicyclic amines) is 1. The summed E-state index contributed by atoms with van der Waals surface area (Å²) in [4.78, 5) is 136. The summed E-state index contributed by atoms with van der Waals surface area (Å²) in [6, 6.07) is 23.3. The normalized spacial score (nSPS) is 15.2. The smallest absolute Gasteiger partial charge is 0.411 e.